The van der Waals surface area contributed by atoms with Gasteiger partial charge < -0.3 is 10.0 Å². The monoisotopic (exact) mass is 309 g/mol. The molecule has 4 rings (SSSR count). The van der Waals surface area contributed by atoms with Gasteiger partial charge in [-0.3, -0.25) is 9.78 Å². The van der Waals surface area contributed by atoms with E-state index in [0.29, 0.717) is 24.4 Å². The van der Waals surface area contributed by atoms with Gasteiger partial charge in [-0.15, -0.1) is 0 Å². The van der Waals surface area contributed by atoms with Crippen LogP contribution >= 0.6 is 0 Å². The number of pyridine rings is 1. The molecule has 1 aliphatic rings. The Kier molecular flexibility index (Phi) is 3.09. The number of carbonyl (C=O) groups excluding carboxylic acids is 1. The van der Waals surface area contributed by atoms with Crippen LogP contribution in [0.15, 0.2) is 42.7 Å². The van der Waals surface area contributed by atoms with Crippen molar-refractivity contribution in [3.8, 4) is 0 Å². The van der Waals surface area contributed by atoms with Gasteiger partial charge in [-0.1, -0.05) is 24.3 Å². The van der Waals surface area contributed by atoms with Crippen LogP contribution in [0.2, 0.25) is 0 Å². The van der Waals surface area contributed by atoms with E-state index in [1.807, 2.05) is 30.3 Å². The number of fused-ring (bicyclic) bond motifs is 1. The summed E-state index contributed by atoms with van der Waals surface area (Å²) in [5, 5.41) is 22.7. The predicted molar refractivity (Wildman–Crippen MR) is 82.5 cm³/mol. The molecule has 2 aromatic heterocycles. The third-order valence-corrected chi connectivity index (χ3v) is 4.30. The maximum Gasteiger partial charge on any atom is 0.273 e. The first-order valence-corrected chi connectivity index (χ1v) is 7.39. The lowest BCUT2D eigenvalue weighted by molar-refractivity contribution is 0.0381. The largest absolute Gasteiger partial charge is 0.381 e. The number of likely N-dealkylation sites (tertiary alicyclic amines) is 1. The van der Waals surface area contributed by atoms with E-state index in [1.54, 1.807) is 11.1 Å². The third-order valence-electron chi connectivity index (χ3n) is 4.30. The molecule has 0 saturated carbocycles. The van der Waals surface area contributed by atoms with E-state index >= 15 is 0 Å². The van der Waals surface area contributed by atoms with Crippen LogP contribution in [0.1, 0.15) is 22.6 Å². The summed E-state index contributed by atoms with van der Waals surface area (Å²) in [7, 11) is 0. The Labute approximate surface area is 132 Å². The SMILES string of the molecule is O=C(c1nccc2ccccc12)N1CC[C@@](O)(c2cn[nH]n2)C1. The molecule has 0 bridgehead atoms. The Morgan fingerprint density at radius 1 is 1.30 bits per heavy atom. The minimum atomic E-state index is -1.16. The number of aromatic amines is 1. The zero-order chi connectivity index (χ0) is 15.9. The molecule has 3 aromatic rings. The van der Waals surface area contributed by atoms with Gasteiger partial charge >= 0.3 is 0 Å². The summed E-state index contributed by atoms with van der Waals surface area (Å²) in [5.41, 5.74) is -0.293. The van der Waals surface area contributed by atoms with Crippen molar-refractivity contribution in [2.75, 3.05) is 13.1 Å². The predicted octanol–water partition coefficient (Wildman–Crippen LogP) is 1.09. The van der Waals surface area contributed by atoms with E-state index in [-0.39, 0.29) is 12.5 Å². The summed E-state index contributed by atoms with van der Waals surface area (Å²) in [6.45, 7) is 0.635. The standard InChI is InChI=1S/C16H15N5O2/c22-15(14-12-4-2-1-3-11(12)5-7-17-14)21-8-6-16(23,10-21)13-9-18-20-19-13/h1-5,7,9,23H,6,8,10H2,(H,18,19,20)/t16-/m0/s1. The molecule has 3 heterocycles. The van der Waals surface area contributed by atoms with E-state index in [9.17, 15) is 9.90 Å². The van der Waals surface area contributed by atoms with E-state index in [2.05, 4.69) is 20.4 Å². The number of hydrogen-bond acceptors (Lipinski definition) is 5. The van der Waals surface area contributed by atoms with E-state index in [1.165, 1.54) is 6.20 Å². The molecule has 1 atom stereocenters. The summed E-state index contributed by atoms with van der Waals surface area (Å²) >= 11 is 0. The molecule has 7 nitrogen and oxygen atoms in total. The van der Waals surface area contributed by atoms with Crippen molar-refractivity contribution in [2.45, 2.75) is 12.0 Å². The fourth-order valence-electron chi connectivity index (χ4n) is 3.04. The van der Waals surface area contributed by atoms with Crippen molar-refractivity contribution in [1.82, 2.24) is 25.3 Å². The van der Waals surface area contributed by atoms with Crippen molar-refractivity contribution >= 4 is 16.7 Å². The Bertz CT molecular complexity index is 859. The Hall–Kier alpha value is -2.80. The molecule has 0 spiro atoms. The number of benzene rings is 1. The van der Waals surface area contributed by atoms with E-state index in [0.717, 1.165) is 10.8 Å². The summed E-state index contributed by atoms with van der Waals surface area (Å²) in [6.07, 6.45) is 3.55. The molecule has 2 N–H and O–H groups in total. The Morgan fingerprint density at radius 3 is 3.00 bits per heavy atom. The van der Waals surface area contributed by atoms with Crippen LogP contribution in [0.25, 0.3) is 10.8 Å². The van der Waals surface area contributed by atoms with Gasteiger partial charge in [-0.2, -0.15) is 15.4 Å². The number of aliphatic hydroxyl groups is 1. The van der Waals surface area contributed by atoms with Crippen LogP contribution in [-0.4, -0.2) is 49.4 Å². The lowest BCUT2D eigenvalue weighted by atomic mass is 10.00. The first-order valence-electron chi connectivity index (χ1n) is 7.39. The molecule has 0 radical (unpaired) electrons. The van der Waals surface area contributed by atoms with Crippen molar-refractivity contribution in [3.63, 3.8) is 0 Å². The van der Waals surface area contributed by atoms with Gasteiger partial charge in [0.25, 0.3) is 5.91 Å². The van der Waals surface area contributed by atoms with Crippen molar-refractivity contribution in [3.05, 3.63) is 54.1 Å². The lowest BCUT2D eigenvalue weighted by Gasteiger charge is -2.21. The first kappa shape index (κ1) is 13.8. The van der Waals surface area contributed by atoms with Crippen LogP contribution in [0.5, 0.6) is 0 Å². The maximum atomic E-state index is 12.8. The average Bonchev–Trinajstić information content (AvgIpc) is 3.24. The second-order valence-corrected chi connectivity index (χ2v) is 5.74. The molecule has 116 valence electrons. The highest BCUT2D eigenvalue weighted by molar-refractivity contribution is 6.05. The minimum Gasteiger partial charge on any atom is -0.381 e. The van der Waals surface area contributed by atoms with Crippen molar-refractivity contribution in [1.29, 1.82) is 0 Å². The fraction of sp³-hybridized carbons (Fsp3) is 0.250. The van der Waals surface area contributed by atoms with Crippen LogP contribution in [-0.2, 0) is 5.60 Å². The van der Waals surface area contributed by atoms with Gasteiger partial charge in [-0.25, -0.2) is 0 Å². The molecule has 7 heteroatoms. The third kappa shape index (κ3) is 2.25. The second-order valence-electron chi connectivity index (χ2n) is 5.74. The summed E-state index contributed by atoms with van der Waals surface area (Å²) in [4.78, 5) is 18.7. The molecular formula is C16H15N5O2. The van der Waals surface area contributed by atoms with Gasteiger partial charge in [0.15, 0.2) is 0 Å². The highest BCUT2D eigenvalue weighted by Gasteiger charge is 2.42. The summed E-state index contributed by atoms with van der Waals surface area (Å²) < 4.78 is 0. The van der Waals surface area contributed by atoms with Gasteiger partial charge in [-0.05, 0) is 11.5 Å². The highest BCUT2D eigenvalue weighted by atomic mass is 16.3. The normalized spacial score (nSPS) is 21.0. The topological polar surface area (TPSA) is 95.0 Å². The molecule has 1 amide bonds. The minimum absolute atomic E-state index is 0.179. The number of β-amino-alcohol motifs (C(OH)–C–C–N with tert-alkyl or cyclic N) is 1. The quantitative estimate of drug-likeness (QED) is 0.739. The zero-order valence-electron chi connectivity index (χ0n) is 12.3. The number of nitrogens with one attached hydrogen (secondary N) is 1. The maximum absolute atomic E-state index is 12.8. The van der Waals surface area contributed by atoms with Crippen LogP contribution < -0.4 is 0 Å². The van der Waals surface area contributed by atoms with E-state index in [4.69, 9.17) is 0 Å². The highest BCUT2D eigenvalue weighted by Crippen LogP contribution is 2.31. The molecule has 0 aliphatic carbocycles. The average molecular weight is 309 g/mol. The van der Waals surface area contributed by atoms with E-state index < -0.39 is 5.60 Å². The smallest absolute Gasteiger partial charge is 0.273 e. The molecule has 1 saturated heterocycles. The second kappa shape index (κ2) is 5.13. The van der Waals surface area contributed by atoms with Gasteiger partial charge in [0.1, 0.15) is 17.0 Å². The molecule has 23 heavy (non-hydrogen) atoms. The number of H-pyrrole nitrogens is 1. The van der Waals surface area contributed by atoms with Crippen LogP contribution in [0, 0.1) is 0 Å². The number of hydrogen-bond donors (Lipinski definition) is 2. The number of carbonyl (C=O) groups is 1. The fourth-order valence-corrected chi connectivity index (χ4v) is 3.04. The Morgan fingerprint density at radius 2 is 2.17 bits per heavy atom. The Balaban J connectivity index is 1.65. The molecule has 1 aromatic carbocycles. The molecular weight excluding hydrogens is 294 g/mol. The van der Waals surface area contributed by atoms with Gasteiger partial charge in [0.2, 0.25) is 0 Å². The van der Waals surface area contributed by atoms with Crippen molar-refractivity contribution < 1.29 is 9.90 Å². The van der Waals surface area contributed by atoms with Crippen LogP contribution in [0.3, 0.4) is 0 Å². The van der Waals surface area contributed by atoms with Crippen molar-refractivity contribution in [2.24, 2.45) is 0 Å². The number of aromatic nitrogens is 4. The first-order chi connectivity index (χ1) is 11.2. The summed E-state index contributed by atoms with van der Waals surface area (Å²) in [5.74, 6) is -0.179. The van der Waals surface area contributed by atoms with Gasteiger partial charge in [0.05, 0.1) is 12.7 Å². The number of nitrogens with zero attached hydrogens (tertiary/aromatic N) is 4. The molecule has 1 aliphatic heterocycles. The zero-order valence-corrected chi connectivity index (χ0v) is 12.3. The lowest BCUT2D eigenvalue weighted by Crippen LogP contribution is -2.35. The molecule has 1 fully saturated rings. The number of rotatable bonds is 2. The summed E-state index contributed by atoms with van der Waals surface area (Å²) in [6, 6.07) is 9.52. The number of amides is 1. The van der Waals surface area contributed by atoms with Gasteiger partial charge in [0, 0.05) is 24.5 Å². The van der Waals surface area contributed by atoms with Crippen LogP contribution in [0.4, 0.5) is 0 Å². The molecule has 0 unspecified atom stereocenters.